The van der Waals surface area contributed by atoms with Crippen molar-refractivity contribution in [3.8, 4) is 11.5 Å². The van der Waals surface area contributed by atoms with Crippen molar-refractivity contribution in [3.63, 3.8) is 0 Å². The van der Waals surface area contributed by atoms with Gasteiger partial charge in [-0.15, -0.1) is 0 Å². The summed E-state index contributed by atoms with van der Waals surface area (Å²) in [7, 11) is 3.13. The van der Waals surface area contributed by atoms with Crippen molar-refractivity contribution in [1.82, 2.24) is 5.32 Å². The van der Waals surface area contributed by atoms with E-state index in [0.29, 0.717) is 22.7 Å². The first kappa shape index (κ1) is 14.5. The highest BCUT2D eigenvalue weighted by Gasteiger charge is 2.13. The van der Waals surface area contributed by atoms with Crippen LogP contribution in [-0.4, -0.2) is 20.1 Å². The molecule has 5 nitrogen and oxygen atoms in total. The lowest BCUT2D eigenvalue weighted by Gasteiger charge is -2.12. The van der Waals surface area contributed by atoms with E-state index in [1.54, 1.807) is 32.4 Å². The van der Waals surface area contributed by atoms with Crippen LogP contribution in [0.2, 0.25) is 0 Å². The maximum absolute atomic E-state index is 11.9. The molecule has 1 aromatic heterocycles. The molecule has 1 heterocycles. The van der Waals surface area contributed by atoms with Crippen LogP contribution in [0.4, 0.5) is 0 Å². The predicted molar refractivity (Wildman–Crippen MR) is 77.1 cm³/mol. The number of hydrogen-bond donors (Lipinski definition) is 1. The molecule has 0 unspecified atom stereocenters. The molecule has 0 spiro atoms. The molecule has 6 heteroatoms. The van der Waals surface area contributed by atoms with Gasteiger partial charge in [-0.25, -0.2) is 0 Å². The zero-order valence-electron chi connectivity index (χ0n) is 11.1. The maximum Gasteiger partial charge on any atom is 0.287 e. The zero-order valence-corrected chi connectivity index (χ0v) is 12.7. The summed E-state index contributed by atoms with van der Waals surface area (Å²) in [5.41, 5.74) is 0.825. The largest absolute Gasteiger partial charge is 0.493 e. The average Bonchev–Trinajstić information content (AvgIpc) is 2.90. The summed E-state index contributed by atoms with van der Waals surface area (Å²) in [6, 6.07) is 8.77. The molecule has 20 heavy (non-hydrogen) atoms. The van der Waals surface area contributed by atoms with E-state index in [-0.39, 0.29) is 11.7 Å². The number of para-hydroxylation sites is 1. The Morgan fingerprint density at radius 3 is 2.65 bits per heavy atom. The van der Waals surface area contributed by atoms with Gasteiger partial charge in [-0.1, -0.05) is 12.1 Å². The molecule has 0 saturated carbocycles. The Bertz CT molecular complexity index is 609. The van der Waals surface area contributed by atoms with Gasteiger partial charge < -0.3 is 19.2 Å². The first-order valence-corrected chi connectivity index (χ1v) is 6.68. The lowest BCUT2D eigenvalue weighted by molar-refractivity contribution is 0.0921. The monoisotopic (exact) mass is 339 g/mol. The second-order valence-electron chi connectivity index (χ2n) is 3.94. The number of ether oxygens (including phenoxy) is 2. The van der Waals surface area contributed by atoms with E-state index in [2.05, 4.69) is 21.2 Å². The van der Waals surface area contributed by atoms with Gasteiger partial charge in [0.1, 0.15) is 0 Å². The molecule has 1 aromatic carbocycles. The lowest BCUT2D eigenvalue weighted by atomic mass is 10.2. The van der Waals surface area contributed by atoms with Gasteiger partial charge >= 0.3 is 0 Å². The average molecular weight is 340 g/mol. The van der Waals surface area contributed by atoms with E-state index in [9.17, 15) is 4.79 Å². The number of rotatable bonds is 5. The fraction of sp³-hybridized carbons (Fsp3) is 0.214. The summed E-state index contributed by atoms with van der Waals surface area (Å²) < 4.78 is 16.2. The van der Waals surface area contributed by atoms with Crippen molar-refractivity contribution in [2.24, 2.45) is 0 Å². The van der Waals surface area contributed by atoms with Gasteiger partial charge in [-0.3, -0.25) is 4.79 Å². The molecule has 0 bridgehead atoms. The Morgan fingerprint density at radius 1 is 1.25 bits per heavy atom. The van der Waals surface area contributed by atoms with Crippen LogP contribution < -0.4 is 14.8 Å². The van der Waals surface area contributed by atoms with E-state index >= 15 is 0 Å². The highest BCUT2D eigenvalue weighted by atomic mass is 79.9. The minimum Gasteiger partial charge on any atom is -0.493 e. The number of furan rings is 1. The molecule has 1 amide bonds. The number of amides is 1. The standard InChI is InChI=1S/C14H14BrNO4/c1-18-10-5-3-4-9(13(10)19-2)8-16-14(17)11-6-7-12(15)20-11/h3-7H,8H2,1-2H3,(H,16,17). The third-order valence-electron chi connectivity index (χ3n) is 2.72. The van der Waals surface area contributed by atoms with Gasteiger partial charge in [-0.2, -0.15) is 0 Å². The molecule has 0 aliphatic heterocycles. The van der Waals surface area contributed by atoms with Crippen molar-refractivity contribution < 1.29 is 18.7 Å². The topological polar surface area (TPSA) is 60.7 Å². The smallest absolute Gasteiger partial charge is 0.287 e. The van der Waals surface area contributed by atoms with Crippen LogP contribution in [0.25, 0.3) is 0 Å². The molecular weight excluding hydrogens is 326 g/mol. The Balaban J connectivity index is 2.09. The third-order valence-corrected chi connectivity index (χ3v) is 3.15. The summed E-state index contributed by atoms with van der Waals surface area (Å²) in [4.78, 5) is 11.9. The van der Waals surface area contributed by atoms with Crippen LogP contribution >= 0.6 is 15.9 Å². The Hall–Kier alpha value is -1.95. The number of carbonyl (C=O) groups is 1. The molecule has 0 fully saturated rings. The number of carbonyl (C=O) groups excluding carboxylic acids is 1. The number of halogens is 1. The fourth-order valence-electron chi connectivity index (χ4n) is 1.79. The number of methoxy groups -OCH3 is 2. The van der Waals surface area contributed by atoms with E-state index in [4.69, 9.17) is 13.9 Å². The molecule has 1 N–H and O–H groups in total. The highest BCUT2D eigenvalue weighted by molar-refractivity contribution is 9.10. The lowest BCUT2D eigenvalue weighted by Crippen LogP contribution is -2.22. The summed E-state index contributed by atoms with van der Waals surface area (Å²) in [5.74, 6) is 1.19. The number of benzene rings is 1. The molecule has 0 atom stereocenters. The van der Waals surface area contributed by atoms with Gasteiger partial charge in [-0.05, 0) is 34.1 Å². The highest BCUT2D eigenvalue weighted by Crippen LogP contribution is 2.30. The molecule has 0 saturated heterocycles. The second kappa shape index (κ2) is 6.47. The summed E-state index contributed by atoms with van der Waals surface area (Å²) in [6.45, 7) is 0.317. The van der Waals surface area contributed by atoms with Gasteiger partial charge in [0, 0.05) is 12.1 Å². The maximum atomic E-state index is 11.9. The Kier molecular flexibility index (Phi) is 4.68. The summed E-state index contributed by atoms with van der Waals surface area (Å²) in [6.07, 6.45) is 0. The van der Waals surface area contributed by atoms with Crippen LogP contribution in [0.1, 0.15) is 16.1 Å². The van der Waals surface area contributed by atoms with Gasteiger partial charge in [0.05, 0.1) is 14.2 Å². The van der Waals surface area contributed by atoms with Gasteiger partial charge in [0.2, 0.25) is 0 Å². The molecular formula is C14H14BrNO4. The van der Waals surface area contributed by atoms with E-state index in [0.717, 1.165) is 5.56 Å². The summed E-state index contributed by atoms with van der Waals surface area (Å²) >= 11 is 3.15. The molecule has 106 valence electrons. The first-order valence-electron chi connectivity index (χ1n) is 5.89. The van der Waals surface area contributed by atoms with Gasteiger partial charge in [0.15, 0.2) is 21.9 Å². The Labute approximate surface area is 125 Å². The van der Waals surface area contributed by atoms with Crippen molar-refractivity contribution in [1.29, 1.82) is 0 Å². The van der Waals surface area contributed by atoms with Crippen LogP contribution in [0, 0.1) is 0 Å². The van der Waals surface area contributed by atoms with Crippen LogP contribution in [0.15, 0.2) is 39.4 Å². The van der Waals surface area contributed by atoms with Crippen LogP contribution in [-0.2, 0) is 6.54 Å². The minimum atomic E-state index is -0.291. The molecule has 2 aromatic rings. The number of nitrogens with one attached hydrogen (secondary N) is 1. The summed E-state index contributed by atoms with van der Waals surface area (Å²) in [5, 5.41) is 2.77. The minimum absolute atomic E-state index is 0.249. The van der Waals surface area contributed by atoms with E-state index in [1.165, 1.54) is 0 Å². The first-order chi connectivity index (χ1) is 9.65. The second-order valence-corrected chi connectivity index (χ2v) is 4.72. The van der Waals surface area contributed by atoms with Crippen molar-refractivity contribution >= 4 is 21.8 Å². The van der Waals surface area contributed by atoms with Crippen molar-refractivity contribution in [2.75, 3.05) is 14.2 Å². The van der Waals surface area contributed by atoms with Crippen molar-refractivity contribution in [3.05, 3.63) is 46.3 Å². The normalized spacial score (nSPS) is 10.2. The van der Waals surface area contributed by atoms with Crippen LogP contribution in [0.3, 0.4) is 0 Å². The quantitative estimate of drug-likeness (QED) is 0.909. The zero-order chi connectivity index (χ0) is 14.5. The van der Waals surface area contributed by atoms with Crippen molar-refractivity contribution in [2.45, 2.75) is 6.54 Å². The predicted octanol–water partition coefficient (Wildman–Crippen LogP) is 2.99. The number of hydrogen-bond acceptors (Lipinski definition) is 4. The molecule has 0 radical (unpaired) electrons. The van der Waals surface area contributed by atoms with E-state index in [1.807, 2.05) is 12.1 Å². The molecule has 0 aliphatic rings. The van der Waals surface area contributed by atoms with Gasteiger partial charge in [0.25, 0.3) is 5.91 Å². The fourth-order valence-corrected chi connectivity index (χ4v) is 2.10. The van der Waals surface area contributed by atoms with Crippen LogP contribution in [0.5, 0.6) is 11.5 Å². The third kappa shape index (κ3) is 3.14. The molecule has 2 rings (SSSR count). The SMILES string of the molecule is COc1cccc(CNC(=O)c2ccc(Br)o2)c1OC. The molecule has 0 aliphatic carbocycles. The Morgan fingerprint density at radius 2 is 2.05 bits per heavy atom. The van der Waals surface area contributed by atoms with E-state index < -0.39 is 0 Å².